The molecule has 0 radical (unpaired) electrons. The maximum absolute atomic E-state index is 13.5. The average molecular weight is 507 g/mol. The Kier molecular flexibility index (Phi) is 6.16. The van der Waals surface area contributed by atoms with Crippen molar-refractivity contribution in [3.63, 3.8) is 0 Å². The number of anilines is 1. The summed E-state index contributed by atoms with van der Waals surface area (Å²) in [7, 11) is -2.12. The fourth-order valence-electron chi connectivity index (χ4n) is 4.65. The second kappa shape index (κ2) is 8.56. The summed E-state index contributed by atoms with van der Waals surface area (Å²) in [5.74, 6) is 0.318. The summed E-state index contributed by atoms with van der Waals surface area (Å²) in [6, 6.07) is 10.9. The highest BCUT2D eigenvalue weighted by atomic mass is 79.9. The summed E-state index contributed by atoms with van der Waals surface area (Å²) in [4.78, 5) is 15.6. The molecule has 6 nitrogen and oxygen atoms in total. The lowest BCUT2D eigenvalue weighted by molar-refractivity contribution is -0.123. The average Bonchev–Trinajstić information content (AvgIpc) is 3.07. The monoisotopic (exact) mass is 506 g/mol. The van der Waals surface area contributed by atoms with E-state index in [4.69, 9.17) is 4.74 Å². The van der Waals surface area contributed by atoms with E-state index in [0.717, 1.165) is 27.7 Å². The van der Waals surface area contributed by atoms with E-state index in [1.807, 2.05) is 30.9 Å². The Balaban J connectivity index is 1.56. The number of hydrogen-bond acceptors (Lipinski definition) is 4. The van der Waals surface area contributed by atoms with Crippen LogP contribution in [0.25, 0.3) is 0 Å². The lowest BCUT2D eigenvalue weighted by Gasteiger charge is -2.34. The highest BCUT2D eigenvalue weighted by Crippen LogP contribution is 2.36. The number of amides is 1. The molecule has 0 unspecified atom stereocenters. The zero-order valence-corrected chi connectivity index (χ0v) is 20.4. The Labute approximate surface area is 192 Å². The zero-order valence-electron chi connectivity index (χ0n) is 18.0. The van der Waals surface area contributed by atoms with Crippen LogP contribution in [0.4, 0.5) is 5.69 Å². The number of carbonyl (C=O) groups excluding carboxylic acids is 1. The van der Waals surface area contributed by atoms with Gasteiger partial charge >= 0.3 is 0 Å². The number of ether oxygens (including phenoxy) is 1. The summed E-state index contributed by atoms with van der Waals surface area (Å²) in [6.45, 7) is 4.51. The second-order valence-corrected chi connectivity index (χ2v) is 11.2. The molecule has 31 heavy (non-hydrogen) atoms. The van der Waals surface area contributed by atoms with Gasteiger partial charge in [-0.25, -0.2) is 8.42 Å². The first-order valence-corrected chi connectivity index (χ1v) is 12.7. The fraction of sp³-hybridized carbons (Fsp3) is 0.435. The smallest absolute Gasteiger partial charge is 0.243 e. The van der Waals surface area contributed by atoms with Gasteiger partial charge in [0.05, 0.1) is 17.9 Å². The highest BCUT2D eigenvalue weighted by Gasteiger charge is 2.39. The molecular weight excluding hydrogens is 480 g/mol. The molecule has 166 valence electrons. The number of fused-ring (bicyclic) bond motifs is 1. The summed E-state index contributed by atoms with van der Waals surface area (Å²) < 4.78 is 34.3. The van der Waals surface area contributed by atoms with Crippen molar-refractivity contribution < 1.29 is 17.9 Å². The normalized spacial score (nSPS) is 21.7. The van der Waals surface area contributed by atoms with Crippen molar-refractivity contribution in [2.24, 2.45) is 5.92 Å². The number of hydrogen-bond donors (Lipinski definition) is 0. The molecule has 1 fully saturated rings. The van der Waals surface area contributed by atoms with Crippen molar-refractivity contribution in [1.29, 1.82) is 0 Å². The third kappa shape index (κ3) is 4.13. The van der Waals surface area contributed by atoms with Crippen LogP contribution in [0.1, 0.15) is 30.9 Å². The Hall–Kier alpha value is -1.90. The topological polar surface area (TPSA) is 66.9 Å². The number of rotatable bonds is 4. The molecule has 0 saturated carbocycles. The quantitative estimate of drug-likeness (QED) is 0.624. The van der Waals surface area contributed by atoms with Gasteiger partial charge in [0.25, 0.3) is 0 Å². The van der Waals surface area contributed by atoms with E-state index in [1.165, 1.54) is 4.31 Å². The molecule has 2 aromatic carbocycles. The molecule has 2 aromatic rings. The molecule has 1 amide bonds. The van der Waals surface area contributed by atoms with Crippen LogP contribution in [-0.4, -0.2) is 44.9 Å². The minimum atomic E-state index is -3.68. The van der Waals surface area contributed by atoms with Gasteiger partial charge in [-0.2, -0.15) is 4.31 Å². The van der Waals surface area contributed by atoms with E-state index in [0.29, 0.717) is 25.1 Å². The lowest BCUT2D eigenvalue weighted by atomic mass is 9.97. The summed E-state index contributed by atoms with van der Waals surface area (Å²) in [5, 5.41) is 0. The first-order valence-electron chi connectivity index (χ1n) is 10.5. The predicted molar refractivity (Wildman–Crippen MR) is 124 cm³/mol. The molecular formula is C23H27BrN2O4S. The maximum atomic E-state index is 13.5. The Bertz CT molecular complexity index is 1120. The van der Waals surface area contributed by atoms with Gasteiger partial charge in [0.1, 0.15) is 5.75 Å². The Morgan fingerprint density at radius 2 is 1.97 bits per heavy atom. The summed E-state index contributed by atoms with van der Waals surface area (Å²) in [5.41, 5.74) is 2.84. The van der Waals surface area contributed by atoms with E-state index in [9.17, 15) is 13.2 Å². The van der Waals surface area contributed by atoms with Gasteiger partial charge in [0, 0.05) is 29.3 Å². The van der Waals surface area contributed by atoms with Gasteiger partial charge in [-0.3, -0.25) is 4.79 Å². The molecule has 2 heterocycles. The molecule has 0 spiro atoms. The fourth-order valence-corrected chi connectivity index (χ4v) is 6.67. The van der Waals surface area contributed by atoms with Crippen LogP contribution in [0.5, 0.6) is 5.75 Å². The van der Waals surface area contributed by atoms with E-state index in [1.54, 1.807) is 25.3 Å². The van der Waals surface area contributed by atoms with Crippen molar-refractivity contribution in [3.05, 3.63) is 52.0 Å². The molecule has 2 aliphatic heterocycles. The maximum Gasteiger partial charge on any atom is 0.243 e. The van der Waals surface area contributed by atoms with Crippen molar-refractivity contribution in [2.45, 2.75) is 44.0 Å². The number of halogens is 1. The van der Waals surface area contributed by atoms with Crippen LogP contribution < -0.4 is 9.64 Å². The summed E-state index contributed by atoms with van der Waals surface area (Å²) in [6.07, 6.45) is 2.17. The van der Waals surface area contributed by atoms with Crippen molar-refractivity contribution >= 4 is 37.5 Å². The lowest BCUT2D eigenvalue weighted by Crippen LogP contribution is -2.48. The molecule has 0 bridgehead atoms. The van der Waals surface area contributed by atoms with E-state index in [-0.39, 0.29) is 29.3 Å². The minimum Gasteiger partial charge on any atom is -0.496 e. The number of nitrogens with zero attached hydrogens (tertiary/aromatic N) is 2. The highest BCUT2D eigenvalue weighted by molar-refractivity contribution is 9.10. The molecule has 0 aromatic heterocycles. The second-order valence-electron chi connectivity index (χ2n) is 8.37. The number of benzene rings is 2. The molecule has 2 atom stereocenters. The van der Waals surface area contributed by atoms with Crippen LogP contribution in [0.15, 0.2) is 45.8 Å². The van der Waals surface area contributed by atoms with Gasteiger partial charge < -0.3 is 9.64 Å². The van der Waals surface area contributed by atoms with E-state index < -0.39 is 10.0 Å². The van der Waals surface area contributed by atoms with E-state index in [2.05, 4.69) is 22.0 Å². The standard InChI is InChI=1S/C23H27BrN2O4S/c1-15-11-20(7-9-22(15)30-3)31(28,29)25-10-4-5-17(14-25)23(27)26-16(2)12-18-13-19(24)6-8-21(18)26/h6-9,11,13,16-17H,4-5,10,12,14H2,1-3H3/t16-,17-/m1/s1. The first-order chi connectivity index (χ1) is 14.7. The number of piperidine rings is 1. The van der Waals surface area contributed by atoms with E-state index >= 15 is 0 Å². The van der Waals surface area contributed by atoms with Crippen LogP contribution in [0.2, 0.25) is 0 Å². The van der Waals surface area contributed by atoms with Gasteiger partial charge in [-0.1, -0.05) is 15.9 Å². The van der Waals surface area contributed by atoms with Crippen LogP contribution >= 0.6 is 15.9 Å². The van der Waals surface area contributed by atoms with Crippen LogP contribution in [-0.2, 0) is 21.2 Å². The van der Waals surface area contributed by atoms with Gasteiger partial charge in [0.15, 0.2) is 0 Å². The summed E-state index contributed by atoms with van der Waals surface area (Å²) >= 11 is 3.50. The van der Waals surface area contributed by atoms with Crippen LogP contribution in [0, 0.1) is 12.8 Å². The first kappa shape index (κ1) is 22.3. The number of sulfonamides is 1. The Morgan fingerprint density at radius 3 is 2.68 bits per heavy atom. The predicted octanol–water partition coefficient (Wildman–Crippen LogP) is 4.14. The molecule has 2 aliphatic rings. The third-order valence-electron chi connectivity index (χ3n) is 6.23. The minimum absolute atomic E-state index is 0.0133. The SMILES string of the molecule is COc1ccc(S(=O)(=O)N2CCC[C@@H](C(=O)N3c4ccc(Br)cc4C[C@H]3C)C2)cc1C. The Morgan fingerprint density at radius 1 is 1.19 bits per heavy atom. The van der Waals surface area contributed by atoms with Gasteiger partial charge in [0.2, 0.25) is 15.9 Å². The molecule has 4 rings (SSSR count). The van der Waals surface area contributed by atoms with Crippen molar-refractivity contribution in [2.75, 3.05) is 25.1 Å². The van der Waals surface area contributed by atoms with Crippen molar-refractivity contribution in [3.8, 4) is 5.75 Å². The zero-order chi connectivity index (χ0) is 22.3. The number of methoxy groups -OCH3 is 1. The number of aryl methyl sites for hydroxylation is 1. The molecule has 8 heteroatoms. The molecule has 0 aliphatic carbocycles. The third-order valence-corrected chi connectivity index (χ3v) is 8.59. The largest absolute Gasteiger partial charge is 0.496 e. The van der Waals surface area contributed by atoms with Gasteiger partial charge in [-0.15, -0.1) is 0 Å². The molecule has 1 saturated heterocycles. The van der Waals surface area contributed by atoms with Crippen LogP contribution in [0.3, 0.4) is 0 Å². The van der Waals surface area contributed by atoms with Crippen molar-refractivity contribution in [1.82, 2.24) is 4.31 Å². The molecule has 0 N–H and O–H groups in total. The number of carbonyl (C=O) groups is 1. The van der Waals surface area contributed by atoms with Gasteiger partial charge in [-0.05, 0) is 80.6 Å².